The normalized spacial score (nSPS) is 14.3. The van der Waals surface area contributed by atoms with Gasteiger partial charge in [0.1, 0.15) is 6.54 Å². The van der Waals surface area contributed by atoms with E-state index in [1.54, 1.807) is 6.07 Å². The molecule has 1 aliphatic heterocycles. The molecule has 0 aliphatic carbocycles. The molecular formula is C21H23N4O2+. The minimum absolute atomic E-state index is 0.111. The fraction of sp³-hybridized carbons (Fsp3) is 0.286. The number of rotatable bonds is 5. The van der Waals surface area contributed by atoms with Crippen molar-refractivity contribution in [1.82, 2.24) is 9.97 Å². The fourth-order valence-corrected chi connectivity index (χ4v) is 3.67. The zero-order valence-corrected chi connectivity index (χ0v) is 15.4. The van der Waals surface area contributed by atoms with E-state index < -0.39 is 0 Å². The Bertz CT molecular complexity index is 1040. The Kier molecular flexibility index (Phi) is 4.73. The zero-order chi connectivity index (χ0) is 18.8. The van der Waals surface area contributed by atoms with Gasteiger partial charge in [-0.3, -0.25) is 9.59 Å². The van der Waals surface area contributed by atoms with Crippen molar-refractivity contribution in [3.05, 3.63) is 70.3 Å². The molecular weight excluding hydrogens is 340 g/mol. The summed E-state index contributed by atoms with van der Waals surface area (Å²) in [5.74, 6) is 0.727. The molecule has 0 saturated heterocycles. The lowest BCUT2D eigenvalue weighted by Crippen LogP contribution is -3.11. The van der Waals surface area contributed by atoms with Crippen molar-refractivity contribution in [1.29, 1.82) is 0 Å². The number of hydrogen-bond donors (Lipinski definition) is 2. The monoisotopic (exact) mass is 363 g/mol. The molecule has 1 unspecified atom stereocenters. The number of hydrogen-bond acceptors (Lipinski definition) is 3. The summed E-state index contributed by atoms with van der Waals surface area (Å²) in [6.07, 6.45) is 0.906. The summed E-state index contributed by atoms with van der Waals surface area (Å²) in [6.45, 7) is 4.44. The van der Waals surface area contributed by atoms with E-state index in [1.165, 1.54) is 5.56 Å². The molecule has 1 amide bonds. The van der Waals surface area contributed by atoms with Crippen LogP contribution in [-0.2, 0) is 17.8 Å². The number of likely N-dealkylation sites (N-methyl/N-ethyl adjacent to an activating group) is 1. The number of amides is 1. The summed E-state index contributed by atoms with van der Waals surface area (Å²) in [5, 5.41) is 0.587. The number of carbonyl (C=O) groups is 1. The van der Waals surface area contributed by atoms with Gasteiger partial charge in [0.2, 0.25) is 0 Å². The Morgan fingerprint density at radius 3 is 2.81 bits per heavy atom. The number of fused-ring (bicyclic) bond motifs is 2. The Balaban J connectivity index is 1.50. The van der Waals surface area contributed by atoms with Crippen LogP contribution in [-0.4, -0.2) is 35.5 Å². The number of benzene rings is 2. The van der Waals surface area contributed by atoms with E-state index in [0.717, 1.165) is 30.1 Å². The predicted molar refractivity (Wildman–Crippen MR) is 105 cm³/mol. The second-order valence-corrected chi connectivity index (χ2v) is 6.91. The maximum absolute atomic E-state index is 12.9. The van der Waals surface area contributed by atoms with Crippen molar-refractivity contribution in [2.24, 2.45) is 0 Å². The van der Waals surface area contributed by atoms with E-state index in [0.29, 0.717) is 29.8 Å². The van der Waals surface area contributed by atoms with Gasteiger partial charge in [0.15, 0.2) is 12.4 Å². The Morgan fingerprint density at radius 2 is 1.96 bits per heavy atom. The van der Waals surface area contributed by atoms with Gasteiger partial charge in [-0.1, -0.05) is 30.3 Å². The molecule has 0 radical (unpaired) electrons. The molecule has 138 valence electrons. The number of carbonyl (C=O) groups excluding carboxylic acids is 1. The lowest BCUT2D eigenvalue weighted by atomic mass is 10.2. The van der Waals surface area contributed by atoms with Crippen molar-refractivity contribution in [3.63, 3.8) is 0 Å². The summed E-state index contributed by atoms with van der Waals surface area (Å²) >= 11 is 0. The van der Waals surface area contributed by atoms with Crippen LogP contribution < -0.4 is 15.4 Å². The summed E-state index contributed by atoms with van der Waals surface area (Å²) in [4.78, 5) is 35.5. The van der Waals surface area contributed by atoms with Crippen molar-refractivity contribution < 1.29 is 9.69 Å². The number of aromatic nitrogens is 2. The summed E-state index contributed by atoms with van der Waals surface area (Å²) < 4.78 is 0. The third kappa shape index (κ3) is 3.48. The van der Waals surface area contributed by atoms with Gasteiger partial charge >= 0.3 is 0 Å². The van der Waals surface area contributed by atoms with Crippen LogP contribution >= 0.6 is 0 Å². The fourth-order valence-electron chi connectivity index (χ4n) is 3.67. The molecule has 1 atom stereocenters. The quantitative estimate of drug-likeness (QED) is 0.708. The molecule has 2 heterocycles. The van der Waals surface area contributed by atoms with Gasteiger partial charge in [-0.2, -0.15) is 0 Å². The van der Waals surface area contributed by atoms with Crippen molar-refractivity contribution in [3.8, 4) is 0 Å². The number of anilines is 1. The number of nitrogens with one attached hydrogen (secondary N) is 2. The number of aromatic amines is 1. The van der Waals surface area contributed by atoms with Crippen molar-refractivity contribution in [2.45, 2.75) is 19.9 Å². The lowest BCUT2D eigenvalue weighted by molar-refractivity contribution is -0.904. The van der Waals surface area contributed by atoms with Crippen LogP contribution in [0.25, 0.3) is 10.9 Å². The molecule has 3 aromatic rings. The maximum Gasteiger partial charge on any atom is 0.282 e. The van der Waals surface area contributed by atoms with Crippen LogP contribution in [0.15, 0.2) is 53.3 Å². The first-order chi connectivity index (χ1) is 13.2. The molecule has 0 fully saturated rings. The Hall–Kier alpha value is -2.99. The first-order valence-corrected chi connectivity index (χ1v) is 9.35. The highest BCUT2D eigenvalue weighted by atomic mass is 16.2. The van der Waals surface area contributed by atoms with E-state index in [9.17, 15) is 9.59 Å². The molecule has 1 aliphatic rings. The molecule has 0 saturated carbocycles. The van der Waals surface area contributed by atoms with Gasteiger partial charge < -0.3 is 14.8 Å². The first kappa shape index (κ1) is 17.4. The predicted octanol–water partition coefficient (Wildman–Crippen LogP) is 0.917. The van der Waals surface area contributed by atoms with Crippen LogP contribution in [0.3, 0.4) is 0 Å². The molecule has 6 heteroatoms. The van der Waals surface area contributed by atoms with Crippen molar-refractivity contribution >= 4 is 22.5 Å². The van der Waals surface area contributed by atoms with Crippen LogP contribution in [0.4, 0.5) is 5.69 Å². The van der Waals surface area contributed by atoms with Crippen LogP contribution in [0.1, 0.15) is 18.3 Å². The molecule has 1 aromatic heterocycles. The van der Waals surface area contributed by atoms with E-state index in [1.807, 2.05) is 48.2 Å². The summed E-state index contributed by atoms with van der Waals surface area (Å²) in [7, 11) is 0. The van der Waals surface area contributed by atoms with Crippen LogP contribution in [0, 0.1) is 0 Å². The lowest BCUT2D eigenvalue weighted by Gasteiger charge is -2.21. The largest absolute Gasteiger partial charge is 0.321 e. The molecule has 2 N–H and O–H groups in total. The second kappa shape index (κ2) is 7.32. The Labute approximate surface area is 157 Å². The highest BCUT2D eigenvalue weighted by molar-refractivity contribution is 5.96. The van der Waals surface area contributed by atoms with Gasteiger partial charge in [-0.05, 0) is 37.1 Å². The molecule has 0 bridgehead atoms. The average Bonchev–Trinajstić information content (AvgIpc) is 3.12. The first-order valence-electron chi connectivity index (χ1n) is 9.35. The van der Waals surface area contributed by atoms with E-state index in [-0.39, 0.29) is 11.5 Å². The molecule has 4 rings (SSSR count). The van der Waals surface area contributed by atoms with Gasteiger partial charge in [0, 0.05) is 12.2 Å². The van der Waals surface area contributed by atoms with Crippen molar-refractivity contribution in [2.75, 3.05) is 24.5 Å². The van der Waals surface area contributed by atoms with E-state index >= 15 is 0 Å². The zero-order valence-electron chi connectivity index (χ0n) is 15.4. The van der Waals surface area contributed by atoms with Crippen LogP contribution in [0.2, 0.25) is 0 Å². The molecule has 0 spiro atoms. The van der Waals surface area contributed by atoms with Gasteiger partial charge in [-0.15, -0.1) is 0 Å². The van der Waals surface area contributed by atoms with E-state index in [4.69, 9.17) is 0 Å². The average molecular weight is 363 g/mol. The number of nitrogens with zero attached hydrogens (tertiary/aromatic N) is 2. The highest BCUT2D eigenvalue weighted by Gasteiger charge is 2.27. The third-order valence-electron chi connectivity index (χ3n) is 5.17. The third-order valence-corrected chi connectivity index (χ3v) is 5.17. The number of H-pyrrole nitrogens is 1. The maximum atomic E-state index is 12.9. The number of quaternary nitrogens is 1. The van der Waals surface area contributed by atoms with Gasteiger partial charge in [0.05, 0.1) is 17.4 Å². The minimum atomic E-state index is -0.133. The standard InChI is InChI=1S/C21H22N4O2/c1-2-24(13-19-22-17-9-5-4-8-16(17)21(27)23-19)14-20(26)25-12-11-15-7-3-6-10-18(15)25/h3-10H,2,11-14H2,1H3,(H,22,23,27)/p+1. The summed E-state index contributed by atoms with van der Waals surface area (Å²) in [6, 6.07) is 15.4. The number of para-hydroxylation sites is 2. The highest BCUT2D eigenvalue weighted by Crippen LogP contribution is 2.27. The Morgan fingerprint density at radius 1 is 1.19 bits per heavy atom. The second-order valence-electron chi connectivity index (χ2n) is 6.91. The van der Waals surface area contributed by atoms with Crippen LogP contribution in [0.5, 0.6) is 0 Å². The van der Waals surface area contributed by atoms with Gasteiger partial charge in [0.25, 0.3) is 11.5 Å². The molecule has 27 heavy (non-hydrogen) atoms. The molecule has 6 nitrogen and oxygen atoms in total. The van der Waals surface area contributed by atoms with Gasteiger partial charge in [-0.25, -0.2) is 4.98 Å². The molecule has 2 aromatic carbocycles. The van der Waals surface area contributed by atoms with E-state index in [2.05, 4.69) is 16.0 Å². The smallest absolute Gasteiger partial charge is 0.282 e. The topological polar surface area (TPSA) is 70.5 Å². The SMILES string of the molecule is CC[NH+](CC(=O)N1CCc2ccccc21)Cc1nc2ccccc2c(=O)[nH]1. The minimum Gasteiger partial charge on any atom is -0.321 e. The summed E-state index contributed by atoms with van der Waals surface area (Å²) in [5.41, 5.74) is 2.80.